The van der Waals surface area contributed by atoms with E-state index >= 15 is 0 Å². The van der Waals surface area contributed by atoms with Gasteiger partial charge in [-0.2, -0.15) is 0 Å². The van der Waals surface area contributed by atoms with Gasteiger partial charge in [-0.05, 0) is 81.9 Å². The molecule has 0 atom stereocenters. The van der Waals surface area contributed by atoms with Crippen LogP contribution in [0.1, 0.15) is 0 Å². The minimum absolute atomic E-state index is 0.636. The van der Waals surface area contributed by atoms with Gasteiger partial charge in [0.1, 0.15) is 0 Å². The van der Waals surface area contributed by atoms with Crippen LogP contribution >= 0.6 is 11.3 Å². The Balaban J connectivity index is 1.05. The van der Waals surface area contributed by atoms with Gasteiger partial charge in [-0.1, -0.05) is 182 Å². The van der Waals surface area contributed by atoms with Crippen LogP contribution in [0.2, 0.25) is 0 Å². The van der Waals surface area contributed by atoms with Crippen molar-refractivity contribution in [2.45, 2.75) is 0 Å². The van der Waals surface area contributed by atoms with Crippen molar-refractivity contribution in [3.8, 4) is 67.5 Å². The molecule has 292 valence electrons. The number of hydrogen-bond donors (Lipinski definition) is 0. The Morgan fingerprint density at radius 2 is 0.758 bits per heavy atom. The fraction of sp³-hybridized carbons (Fsp3) is 0. The van der Waals surface area contributed by atoms with Gasteiger partial charge in [0.15, 0.2) is 17.5 Å². The fourth-order valence-electron chi connectivity index (χ4n) is 8.29. The van der Waals surface area contributed by atoms with Crippen molar-refractivity contribution in [1.29, 1.82) is 0 Å². The van der Waals surface area contributed by atoms with Crippen LogP contribution in [-0.4, -0.2) is 15.0 Å². The molecule has 0 N–H and O–H groups in total. The Labute approximate surface area is 364 Å². The van der Waals surface area contributed by atoms with Crippen molar-refractivity contribution in [3.05, 3.63) is 231 Å². The van der Waals surface area contributed by atoms with Gasteiger partial charge in [-0.25, -0.2) is 15.0 Å². The SMILES string of the molecule is c1ccc(-c2ccc(N(c3cccc(-c4ccccc4)c3)c3ccc4c(c3)sc3cccc(-c5nc(-c6ccccc6)nc(-c6cccc(-c7ccccc7)c6)n5)c34)cc2)cc1. The van der Waals surface area contributed by atoms with E-state index in [1.54, 1.807) is 11.3 Å². The smallest absolute Gasteiger partial charge is 0.164 e. The van der Waals surface area contributed by atoms with Gasteiger partial charge in [0.05, 0.1) is 0 Å². The first-order chi connectivity index (χ1) is 30.7. The van der Waals surface area contributed by atoms with Crippen LogP contribution in [0.4, 0.5) is 17.1 Å². The molecule has 2 aromatic heterocycles. The first kappa shape index (κ1) is 37.0. The van der Waals surface area contributed by atoms with Crippen LogP contribution < -0.4 is 4.90 Å². The zero-order valence-corrected chi connectivity index (χ0v) is 34.5. The predicted octanol–water partition coefficient (Wildman–Crippen LogP) is 15.7. The second-order valence-electron chi connectivity index (χ2n) is 15.2. The largest absolute Gasteiger partial charge is 0.310 e. The lowest BCUT2D eigenvalue weighted by molar-refractivity contribution is 1.08. The third-order valence-electron chi connectivity index (χ3n) is 11.3. The maximum atomic E-state index is 5.23. The van der Waals surface area contributed by atoms with Crippen molar-refractivity contribution in [1.82, 2.24) is 15.0 Å². The summed E-state index contributed by atoms with van der Waals surface area (Å²) in [7, 11) is 0. The van der Waals surface area contributed by atoms with E-state index in [1.807, 2.05) is 24.3 Å². The van der Waals surface area contributed by atoms with Gasteiger partial charge in [0.2, 0.25) is 0 Å². The third kappa shape index (κ3) is 7.21. The minimum Gasteiger partial charge on any atom is -0.310 e. The lowest BCUT2D eigenvalue weighted by Crippen LogP contribution is -2.09. The third-order valence-corrected chi connectivity index (χ3v) is 12.4. The monoisotopic (exact) mass is 810 g/mol. The topological polar surface area (TPSA) is 41.9 Å². The van der Waals surface area contributed by atoms with E-state index in [2.05, 4.69) is 211 Å². The molecule has 9 aromatic carbocycles. The summed E-state index contributed by atoms with van der Waals surface area (Å²) in [5.74, 6) is 1.92. The highest BCUT2D eigenvalue weighted by atomic mass is 32.1. The molecule has 62 heavy (non-hydrogen) atoms. The number of benzene rings is 9. The van der Waals surface area contributed by atoms with Gasteiger partial charge < -0.3 is 4.90 Å². The summed E-state index contributed by atoms with van der Waals surface area (Å²) in [5, 5.41) is 2.30. The highest BCUT2D eigenvalue weighted by Gasteiger charge is 2.20. The van der Waals surface area contributed by atoms with E-state index in [0.29, 0.717) is 17.5 Å². The maximum absolute atomic E-state index is 5.23. The number of anilines is 3. The highest BCUT2D eigenvalue weighted by molar-refractivity contribution is 7.26. The molecule has 4 nitrogen and oxygen atoms in total. The van der Waals surface area contributed by atoms with Crippen molar-refractivity contribution in [2.75, 3.05) is 4.90 Å². The molecule has 0 amide bonds. The Kier molecular flexibility index (Phi) is 9.69. The average Bonchev–Trinajstić information content (AvgIpc) is 3.74. The first-order valence-electron chi connectivity index (χ1n) is 20.8. The first-order valence-corrected chi connectivity index (χ1v) is 21.6. The minimum atomic E-state index is 0.636. The summed E-state index contributed by atoms with van der Waals surface area (Å²) in [5.41, 5.74) is 13.1. The fourth-order valence-corrected chi connectivity index (χ4v) is 9.45. The van der Waals surface area contributed by atoms with E-state index < -0.39 is 0 Å². The van der Waals surface area contributed by atoms with Crippen LogP contribution in [0.25, 0.3) is 87.7 Å². The molecule has 0 bridgehead atoms. The average molecular weight is 811 g/mol. The van der Waals surface area contributed by atoms with Crippen LogP contribution in [0.3, 0.4) is 0 Å². The van der Waals surface area contributed by atoms with Crippen molar-refractivity contribution < 1.29 is 0 Å². The van der Waals surface area contributed by atoms with Crippen molar-refractivity contribution in [3.63, 3.8) is 0 Å². The van der Waals surface area contributed by atoms with Crippen LogP contribution in [0, 0.1) is 0 Å². The summed E-state index contributed by atoms with van der Waals surface area (Å²) in [6.45, 7) is 0. The van der Waals surface area contributed by atoms with Gasteiger partial charge in [-0.15, -0.1) is 11.3 Å². The number of rotatable bonds is 9. The Morgan fingerprint density at radius 1 is 0.290 bits per heavy atom. The molecule has 11 aromatic rings. The van der Waals surface area contributed by atoms with Gasteiger partial charge in [0, 0.05) is 53.9 Å². The second-order valence-corrected chi connectivity index (χ2v) is 16.3. The van der Waals surface area contributed by atoms with Crippen LogP contribution in [0.5, 0.6) is 0 Å². The summed E-state index contributed by atoms with van der Waals surface area (Å²) in [6, 6.07) is 81.2. The molecule has 5 heteroatoms. The molecule has 0 saturated heterocycles. The number of fused-ring (bicyclic) bond motifs is 3. The second kappa shape index (κ2) is 16.2. The molecule has 0 aliphatic rings. The normalized spacial score (nSPS) is 11.2. The molecule has 11 rings (SSSR count). The predicted molar refractivity (Wildman–Crippen MR) is 260 cm³/mol. The van der Waals surface area contributed by atoms with E-state index in [1.165, 1.54) is 31.7 Å². The molecule has 0 radical (unpaired) electrons. The molecule has 0 spiro atoms. The Hall–Kier alpha value is -7.99. The standard InChI is InChI=1S/C57H38N4S/c1-5-16-39(17-6-1)42-30-32-47(33-31-42)61(48-27-14-25-45(37-48)41-20-9-3-10-21-41)49-34-35-50-53(38-49)62-52-29-15-28-51(54(50)52)57-59-55(43-22-11-4-12-23-43)58-56(60-57)46-26-13-24-44(36-46)40-18-7-2-8-19-40/h1-38H. The number of thiophene rings is 1. The summed E-state index contributed by atoms with van der Waals surface area (Å²) >= 11 is 1.80. The molecule has 0 unspecified atom stereocenters. The maximum Gasteiger partial charge on any atom is 0.164 e. The van der Waals surface area contributed by atoms with Gasteiger partial charge in [0.25, 0.3) is 0 Å². The molecule has 0 fully saturated rings. The van der Waals surface area contributed by atoms with Gasteiger partial charge >= 0.3 is 0 Å². The molecule has 0 aliphatic carbocycles. The highest BCUT2D eigenvalue weighted by Crippen LogP contribution is 2.44. The van der Waals surface area contributed by atoms with Crippen molar-refractivity contribution >= 4 is 48.6 Å². The van der Waals surface area contributed by atoms with E-state index in [9.17, 15) is 0 Å². The molecule has 2 heterocycles. The Bertz CT molecular complexity index is 3330. The van der Waals surface area contributed by atoms with E-state index in [0.717, 1.165) is 55.7 Å². The number of hydrogen-bond acceptors (Lipinski definition) is 5. The zero-order chi connectivity index (χ0) is 41.2. The van der Waals surface area contributed by atoms with Crippen LogP contribution in [-0.2, 0) is 0 Å². The van der Waals surface area contributed by atoms with Crippen molar-refractivity contribution in [2.24, 2.45) is 0 Å². The lowest BCUT2D eigenvalue weighted by Gasteiger charge is -2.26. The quantitative estimate of drug-likeness (QED) is 0.146. The van der Waals surface area contributed by atoms with Crippen LogP contribution in [0.15, 0.2) is 231 Å². The molecular formula is C57H38N4S. The lowest BCUT2D eigenvalue weighted by atomic mass is 10.0. The Morgan fingerprint density at radius 3 is 1.42 bits per heavy atom. The zero-order valence-electron chi connectivity index (χ0n) is 33.6. The molecule has 0 saturated carbocycles. The summed E-state index contributed by atoms with van der Waals surface area (Å²) in [4.78, 5) is 17.8. The van der Waals surface area contributed by atoms with E-state index in [4.69, 9.17) is 15.0 Å². The molecule has 0 aliphatic heterocycles. The van der Waals surface area contributed by atoms with Gasteiger partial charge in [-0.3, -0.25) is 0 Å². The number of aromatic nitrogens is 3. The molecular weight excluding hydrogens is 773 g/mol. The number of nitrogens with zero attached hydrogens (tertiary/aromatic N) is 4. The summed E-state index contributed by atoms with van der Waals surface area (Å²) in [6.07, 6.45) is 0. The van der Waals surface area contributed by atoms with E-state index in [-0.39, 0.29) is 0 Å². The summed E-state index contributed by atoms with van der Waals surface area (Å²) < 4.78 is 2.36.